The van der Waals surface area contributed by atoms with Crippen LogP contribution in [0.1, 0.15) is 25.0 Å². The molecule has 0 radical (unpaired) electrons. The normalized spacial score (nSPS) is 12.7. The Morgan fingerprint density at radius 1 is 0.407 bits per heavy atom. The summed E-state index contributed by atoms with van der Waals surface area (Å²) >= 11 is 0. The number of nitrogens with zero attached hydrogens (tertiary/aromatic N) is 3. The maximum absolute atomic E-state index is 6.75. The number of fused-ring (bicyclic) bond motifs is 6. The van der Waals surface area contributed by atoms with Gasteiger partial charge in [0.1, 0.15) is 11.2 Å². The van der Waals surface area contributed by atoms with Crippen LogP contribution in [0.2, 0.25) is 0 Å². The first-order chi connectivity index (χ1) is 29.0. The van der Waals surface area contributed by atoms with E-state index in [9.17, 15) is 0 Å². The van der Waals surface area contributed by atoms with Gasteiger partial charge in [0, 0.05) is 56.0 Å². The van der Waals surface area contributed by atoms with Crippen LogP contribution in [0.15, 0.2) is 205 Å². The zero-order valence-corrected chi connectivity index (χ0v) is 32.8. The van der Waals surface area contributed by atoms with Crippen molar-refractivity contribution in [2.45, 2.75) is 19.3 Å². The highest BCUT2D eigenvalue weighted by molar-refractivity contribution is 6.12. The first-order valence-corrected chi connectivity index (χ1v) is 20.2. The van der Waals surface area contributed by atoms with Crippen molar-refractivity contribution in [3.63, 3.8) is 0 Å². The third-order valence-corrected chi connectivity index (χ3v) is 11.9. The SMILES string of the molecule is CC1(C)c2ccccc2-c2ccc(N(c3ccc(-c4ccccc4)cc3)c3ccc4c(c3)oc3cccc(-c5nc(-c6ccccc6)cc(-c6ccccc6)n5)c34)cc21. The number of aromatic nitrogens is 2. The van der Waals surface area contributed by atoms with E-state index in [2.05, 4.69) is 170 Å². The second kappa shape index (κ2) is 13.8. The molecule has 0 N–H and O–H groups in total. The van der Waals surface area contributed by atoms with Gasteiger partial charge in [-0.25, -0.2) is 9.97 Å². The molecular formula is C55H39N3O. The molecule has 0 spiro atoms. The van der Waals surface area contributed by atoms with E-state index < -0.39 is 0 Å². The second-order valence-electron chi connectivity index (χ2n) is 15.8. The summed E-state index contributed by atoms with van der Waals surface area (Å²) in [6, 6.07) is 70.6. The van der Waals surface area contributed by atoms with Crippen LogP contribution in [-0.2, 0) is 5.41 Å². The molecule has 11 rings (SSSR count). The molecule has 0 fully saturated rings. The van der Waals surface area contributed by atoms with Gasteiger partial charge in [0.2, 0.25) is 0 Å². The molecule has 0 unspecified atom stereocenters. The fourth-order valence-corrected chi connectivity index (χ4v) is 8.93. The number of furan rings is 1. The van der Waals surface area contributed by atoms with Crippen LogP contribution in [0.25, 0.3) is 78.1 Å². The van der Waals surface area contributed by atoms with Crippen LogP contribution in [0.5, 0.6) is 0 Å². The molecule has 1 aliphatic rings. The summed E-state index contributed by atoms with van der Waals surface area (Å²) < 4.78 is 6.75. The van der Waals surface area contributed by atoms with Crippen LogP contribution in [0.4, 0.5) is 17.1 Å². The molecule has 59 heavy (non-hydrogen) atoms. The Hall–Kier alpha value is -7.56. The molecule has 4 nitrogen and oxygen atoms in total. The first kappa shape index (κ1) is 34.7. The summed E-state index contributed by atoms with van der Waals surface area (Å²) in [5.74, 6) is 0.657. The van der Waals surface area contributed by atoms with Crippen LogP contribution < -0.4 is 4.90 Å². The molecule has 2 aromatic heterocycles. The van der Waals surface area contributed by atoms with E-state index in [1.807, 2.05) is 48.5 Å². The van der Waals surface area contributed by atoms with Crippen molar-refractivity contribution in [3.8, 4) is 56.2 Å². The smallest absolute Gasteiger partial charge is 0.161 e. The number of hydrogen-bond donors (Lipinski definition) is 0. The molecule has 10 aromatic rings. The predicted octanol–water partition coefficient (Wildman–Crippen LogP) is 14.8. The Balaban J connectivity index is 1.07. The van der Waals surface area contributed by atoms with Crippen molar-refractivity contribution in [1.82, 2.24) is 9.97 Å². The summed E-state index contributed by atoms with van der Waals surface area (Å²) in [7, 11) is 0. The average molecular weight is 758 g/mol. The van der Waals surface area contributed by atoms with Crippen LogP contribution >= 0.6 is 0 Å². The van der Waals surface area contributed by atoms with Gasteiger partial charge in [-0.2, -0.15) is 0 Å². The molecule has 2 heterocycles. The summed E-state index contributed by atoms with van der Waals surface area (Å²) in [6.45, 7) is 4.67. The first-order valence-electron chi connectivity index (χ1n) is 20.2. The standard InChI is InChI=1S/C55H39N3O/c1-55(2)47-23-13-12-21-43(47)44-31-29-41(33-48(44)55)58(40-27-25-37(26-28-40)36-15-6-3-7-16-36)42-30-32-45-52(34-42)59-51-24-14-22-46(53(45)51)54-56-49(38-17-8-4-9-18-38)35-50(57-54)39-19-10-5-11-20-39/h3-35H,1-2H3. The van der Waals surface area contributed by atoms with E-state index in [4.69, 9.17) is 14.4 Å². The molecular weight excluding hydrogens is 719 g/mol. The number of benzene rings is 8. The van der Waals surface area contributed by atoms with E-state index in [1.54, 1.807) is 0 Å². The lowest BCUT2D eigenvalue weighted by Crippen LogP contribution is -2.16. The lowest BCUT2D eigenvalue weighted by atomic mass is 9.82. The fraction of sp³-hybridized carbons (Fsp3) is 0.0545. The van der Waals surface area contributed by atoms with Crippen molar-refractivity contribution < 1.29 is 4.42 Å². The van der Waals surface area contributed by atoms with E-state index >= 15 is 0 Å². The summed E-state index contributed by atoms with van der Waals surface area (Å²) in [6.07, 6.45) is 0. The van der Waals surface area contributed by atoms with Gasteiger partial charge in [0.15, 0.2) is 5.82 Å². The van der Waals surface area contributed by atoms with Crippen LogP contribution in [-0.4, -0.2) is 9.97 Å². The average Bonchev–Trinajstić information content (AvgIpc) is 3.78. The summed E-state index contributed by atoms with van der Waals surface area (Å²) in [5.41, 5.74) is 17.0. The van der Waals surface area contributed by atoms with Crippen LogP contribution in [0, 0.1) is 0 Å². The third-order valence-electron chi connectivity index (χ3n) is 11.9. The number of hydrogen-bond acceptors (Lipinski definition) is 4. The molecule has 8 aromatic carbocycles. The quantitative estimate of drug-likeness (QED) is 0.162. The zero-order chi connectivity index (χ0) is 39.5. The highest BCUT2D eigenvalue weighted by Crippen LogP contribution is 2.51. The third kappa shape index (κ3) is 5.92. The lowest BCUT2D eigenvalue weighted by Gasteiger charge is -2.28. The maximum atomic E-state index is 6.75. The Labute approximate surface area is 343 Å². The van der Waals surface area contributed by atoms with Gasteiger partial charge in [-0.05, 0) is 81.9 Å². The molecule has 0 amide bonds. The van der Waals surface area contributed by atoms with Gasteiger partial charge in [0.25, 0.3) is 0 Å². The van der Waals surface area contributed by atoms with Crippen molar-refractivity contribution in [1.29, 1.82) is 0 Å². The number of rotatable bonds is 7. The molecule has 4 heteroatoms. The minimum Gasteiger partial charge on any atom is -0.456 e. The van der Waals surface area contributed by atoms with E-state index in [0.717, 1.165) is 67.1 Å². The van der Waals surface area contributed by atoms with Crippen LogP contribution in [0.3, 0.4) is 0 Å². The Bertz CT molecular complexity index is 3110. The van der Waals surface area contributed by atoms with Gasteiger partial charge in [-0.1, -0.05) is 159 Å². The topological polar surface area (TPSA) is 42.2 Å². The molecule has 1 aliphatic carbocycles. The minimum absolute atomic E-state index is 0.135. The van der Waals surface area contributed by atoms with E-state index in [-0.39, 0.29) is 5.41 Å². The number of anilines is 3. The van der Waals surface area contributed by atoms with Crippen molar-refractivity contribution in [2.24, 2.45) is 0 Å². The Morgan fingerprint density at radius 3 is 1.64 bits per heavy atom. The molecule has 0 atom stereocenters. The fourth-order valence-electron chi connectivity index (χ4n) is 8.93. The van der Waals surface area contributed by atoms with Crippen molar-refractivity contribution >= 4 is 39.0 Å². The molecule has 0 bridgehead atoms. The van der Waals surface area contributed by atoms with E-state index in [0.29, 0.717) is 5.82 Å². The molecule has 0 aliphatic heterocycles. The van der Waals surface area contributed by atoms with Gasteiger partial charge in [-0.3, -0.25) is 0 Å². The van der Waals surface area contributed by atoms with Crippen molar-refractivity contribution in [2.75, 3.05) is 4.90 Å². The van der Waals surface area contributed by atoms with Gasteiger partial charge >= 0.3 is 0 Å². The lowest BCUT2D eigenvalue weighted by molar-refractivity contribution is 0.660. The van der Waals surface area contributed by atoms with Gasteiger partial charge < -0.3 is 9.32 Å². The summed E-state index contributed by atoms with van der Waals surface area (Å²) in [5, 5.41) is 2.01. The zero-order valence-electron chi connectivity index (χ0n) is 32.8. The molecule has 0 saturated carbocycles. The molecule has 0 saturated heterocycles. The van der Waals surface area contributed by atoms with Crippen molar-refractivity contribution in [3.05, 3.63) is 211 Å². The second-order valence-corrected chi connectivity index (χ2v) is 15.8. The van der Waals surface area contributed by atoms with Gasteiger partial charge in [-0.15, -0.1) is 0 Å². The minimum atomic E-state index is -0.135. The summed E-state index contributed by atoms with van der Waals surface area (Å²) in [4.78, 5) is 12.7. The maximum Gasteiger partial charge on any atom is 0.161 e. The Kier molecular flexibility index (Phi) is 8.12. The highest BCUT2D eigenvalue weighted by Gasteiger charge is 2.35. The largest absolute Gasteiger partial charge is 0.456 e. The van der Waals surface area contributed by atoms with E-state index in [1.165, 1.54) is 33.4 Å². The van der Waals surface area contributed by atoms with Gasteiger partial charge in [0.05, 0.1) is 11.4 Å². The highest BCUT2D eigenvalue weighted by atomic mass is 16.3. The molecule has 280 valence electrons. The predicted molar refractivity (Wildman–Crippen MR) is 243 cm³/mol. The Morgan fingerprint density at radius 2 is 0.949 bits per heavy atom. The monoisotopic (exact) mass is 757 g/mol.